The van der Waals surface area contributed by atoms with Crippen LogP contribution >= 0.6 is 0 Å². The second-order valence-corrected chi connectivity index (χ2v) is 5.62. The minimum Gasteiger partial charge on any atom is -0.494 e. The molecule has 108 valence electrons. The molecule has 0 radical (unpaired) electrons. The Bertz CT molecular complexity index is 571. The molecule has 20 heavy (non-hydrogen) atoms. The molecule has 0 saturated heterocycles. The maximum Gasteiger partial charge on any atom is 0.121 e. The number of ether oxygens (including phenoxy) is 1. The molecule has 1 aliphatic carbocycles. The highest BCUT2D eigenvalue weighted by molar-refractivity contribution is 5.79. The average molecular weight is 274 g/mol. The molecule has 1 aliphatic rings. The van der Waals surface area contributed by atoms with Gasteiger partial charge >= 0.3 is 0 Å². The molecule has 0 unspecified atom stereocenters. The molecule has 0 spiro atoms. The predicted molar refractivity (Wildman–Crippen MR) is 79.0 cm³/mol. The van der Waals surface area contributed by atoms with Crippen molar-refractivity contribution in [2.75, 3.05) is 13.2 Å². The van der Waals surface area contributed by atoms with Crippen LogP contribution in [-0.2, 0) is 0 Å². The molecule has 0 aliphatic heterocycles. The van der Waals surface area contributed by atoms with Crippen molar-refractivity contribution in [2.24, 2.45) is 5.92 Å². The number of rotatable bonds is 4. The SMILES string of the molecule is CCOc1ccc2cn(C3CCC(CO)CC3)nc2c1. The maximum absolute atomic E-state index is 9.21. The molecule has 0 bridgehead atoms. The largest absolute Gasteiger partial charge is 0.494 e. The first kappa shape index (κ1) is 13.4. The van der Waals surface area contributed by atoms with Gasteiger partial charge in [0.1, 0.15) is 5.75 Å². The van der Waals surface area contributed by atoms with Gasteiger partial charge in [0.15, 0.2) is 0 Å². The molecule has 0 amide bonds. The fraction of sp³-hybridized carbons (Fsp3) is 0.562. The van der Waals surface area contributed by atoms with Crippen LogP contribution in [0, 0.1) is 5.92 Å². The van der Waals surface area contributed by atoms with E-state index in [1.807, 2.05) is 19.1 Å². The van der Waals surface area contributed by atoms with Crippen LogP contribution in [0.25, 0.3) is 10.9 Å². The Balaban J connectivity index is 1.79. The van der Waals surface area contributed by atoms with Crippen LogP contribution in [0.3, 0.4) is 0 Å². The third-order valence-electron chi connectivity index (χ3n) is 4.26. The third kappa shape index (κ3) is 2.66. The van der Waals surface area contributed by atoms with E-state index in [1.54, 1.807) is 0 Å². The van der Waals surface area contributed by atoms with Crippen molar-refractivity contribution in [3.8, 4) is 5.75 Å². The second kappa shape index (κ2) is 5.83. The molecule has 1 aromatic carbocycles. The van der Waals surface area contributed by atoms with Gasteiger partial charge in [-0.1, -0.05) is 0 Å². The van der Waals surface area contributed by atoms with Gasteiger partial charge in [0.05, 0.1) is 18.2 Å². The lowest BCUT2D eigenvalue weighted by Crippen LogP contribution is -2.20. The van der Waals surface area contributed by atoms with Crippen LogP contribution in [0.15, 0.2) is 24.4 Å². The van der Waals surface area contributed by atoms with E-state index >= 15 is 0 Å². The zero-order valence-corrected chi connectivity index (χ0v) is 12.0. The molecule has 4 nitrogen and oxygen atoms in total. The highest BCUT2D eigenvalue weighted by Gasteiger charge is 2.22. The number of benzene rings is 1. The van der Waals surface area contributed by atoms with Crippen LogP contribution in [0.2, 0.25) is 0 Å². The molecule has 1 N–H and O–H groups in total. The lowest BCUT2D eigenvalue weighted by molar-refractivity contribution is 0.165. The lowest BCUT2D eigenvalue weighted by Gasteiger charge is -2.27. The Morgan fingerprint density at radius 1 is 1.30 bits per heavy atom. The van der Waals surface area contributed by atoms with E-state index in [0.29, 0.717) is 25.2 Å². The van der Waals surface area contributed by atoms with Crippen LogP contribution in [0.4, 0.5) is 0 Å². The Kier molecular flexibility index (Phi) is 3.92. The maximum atomic E-state index is 9.21. The van der Waals surface area contributed by atoms with Crippen molar-refractivity contribution in [1.29, 1.82) is 0 Å². The molecule has 2 aromatic rings. The molecule has 3 rings (SSSR count). The fourth-order valence-corrected chi connectivity index (χ4v) is 3.05. The molecule has 1 aromatic heterocycles. The van der Waals surface area contributed by atoms with Gasteiger partial charge in [-0.2, -0.15) is 5.10 Å². The molecular formula is C16H22N2O2. The van der Waals surface area contributed by atoms with E-state index in [0.717, 1.165) is 42.3 Å². The normalized spacial score (nSPS) is 23.1. The second-order valence-electron chi connectivity index (χ2n) is 5.62. The highest BCUT2D eigenvalue weighted by atomic mass is 16.5. The Labute approximate surface area is 119 Å². The van der Waals surface area contributed by atoms with Gasteiger partial charge in [-0.05, 0) is 50.7 Å². The monoisotopic (exact) mass is 274 g/mol. The number of aliphatic hydroxyl groups is 1. The standard InChI is InChI=1S/C16H22N2O2/c1-2-20-15-8-5-13-10-18(17-16(13)9-15)14-6-3-12(11-19)4-7-14/h5,8-10,12,14,19H,2-4,6-7,11H2,1H3. The summed E-state index contributed by atoms with van der Waals surface area (Å²) in [6.45, 7) is 2.99. The summed E-state index contributed by atoms with van der Waals surface area (Å²) in [5.74, 6) is 1.37. The smallest absolute Gasteiger partial charge is 0.121 e. The van der Waals surface area contributed by atoms with Gasteiger partial charge in [-0.25, -0.2) is 0 Å². The molecule has 0 atom stereocenters. The fourth-order valence-electron chi connectivity index (χ4n) is 3.05. The van der Waals surface area contributed by atoms with Gasteiger partial charge in [-0.3, -0.25) is 4.68 Å². The summed E-state index contributed by atoms with van der Waals surface area (Å²) in [7, 11) is 0. The predicted octanol–water partition coefficient (Wildman–Crippen LogP) is 3.16. The summed E-state index contributed by atoms with van der Waals surface area (Å²) >= 11 is 0. The quantitative estimate of drug-likeness (QED) is 0.931. The van der Waals surface area contributed by atoms with Crippen LogP contribution in [-0.4, -0.2) is 28.1 Å². The number of aromatic nitrogens is 2. The van der Waals surface area contributed by atoms with Crippen molar-refractivity contribution in [3.05, 3.63) is 24.4 Å². The van der Waals surface area contributed by atoms with E-state index < -0.39 is 0 Å². The van der Waals surface area contributed by atoms with Crippen molar-refractivity contribution in [1.82, 2.24) is 9.78 Å². The van der Waals surface area contributed by atoms with Gasteiger partial charge in [0.2, 0.25) is 0 Å². The molecule has 4 heteroatoms. The number of hydrogen-bond acceptors (Lipinski definition) is 3. The first-order chi connectivity index (χ1) is 9.80. The van der Waals surface area contributed by atoms with E-state index in [9.17, 15) is 5.11 Å². The van der Waals surface area contributed by atoms with Gasteiger partial charge in [0, 0.05) is 24.3 Å². The summed E-state index contributed by atoms with van der Waals surface area (Å²) in [4.78, 5) is 0. The van der Waals surface area contributed by atoms with Crippen LogP contribution < -0.4 is 4.74 Å². The van der Waals surface area contributed by atoms with E-state index in [-0.39, 0.29) is 0 Å². The minimum atomic E-state index is 0.325. The van der Waals surface area contributed by atoms with Gasteiger partial charge < -0.3 is 9.84 Å². The highest BCUT2D eigenvalue weighted by Crippen LogP contribution is 2.32. The minimum absolute atomic E-state index is 0.325. The number of aliphatic hydroxyl groups excluding tert-OH is 1. The van der Waals surface area contributed by atoms with Crippen molar-refractivity contribution in [3.63, 3.8) is 0 Å². The zero-order valence-electron chi connectivity index (χ0n) is 12.0. The van der Waals surface area contributed by atoms with Crippen molar-refractivity contribution >= 4 is 10.9 Å². The third-order valence-corrected chi connectivity index (χ3v) is 4.26. The Morgan fingerprint density at radius 2 is 2.10 bits per heavy atom. The summed E-state index contributed by atoms with van der Waals surface area (Å²) in [6.07, 6.45) is 6.55. The van der Waals surface area contributed by atoms with Crippen molar-refractivity contribution in [2.45, 2.75) is 38.6 Å². The summed E-state index contributed by atoms with van der Waals surface area (Å²) < 4.78 is 7.63. The number of fused-ring (bicyclic) bond motifs is 1. The Hall–Kier alpha value is -1.55. The van der Waals surface area contributed by atoms with E-state index in [2.05, 4.69) is 16.9 Å². The van der Waals surface area contributed by atoms with Gasteiger partial charge in [0.25, 0.3) is 0 Å². The average Bonchev–Trinajstić information content (AvgIpc) is 2.91. The number of nitrogens with zero attached hydrogens (tertiary/aromatic N) is 2. The Morgan fingerprint density at radius 3 is 2.80 bits per heavy atom. The zero-order chi connectivity index (χ0) is 13.9. The molecular weight excluding hydrogens is 252 g/mol. The summed E-state index contributed by atoms with van der Waals surface area (Å²) in [5, 5.41) is 15.1. The summed E-state index contributed by atoms with van der Waals surface area (Å²) in [6, 6.07) is 6.55. The molecule has 1 saturated carbocycles. The first-order valence-corrected chi connectivity index (χ1v) is 7.52. The van der Waals surface area contributed by atoms with Crippen LogP contribution in [0.5, 0.6) is 5.75 Å². The number of hydrogen-bond donors (Lipinski definition) is 1. The molecule has 1 heterocycles. The van der Waals surface area contributed by atoms with E-state index in [4.69, 9.17) is 9.84 Å². The van der Waals surface area contributed by atoms with E-state index in [1.165, 1.54) is 0 Å². The van der Waals surface area contributed by atoms with Crippen LogP contribution in [0.1, 0.15) is 38.6 Å². The van der Waals surface area contributed by atoms with Gasteiger partial charge in [-0.15, -0.1) is 0 Å². The first-order valence-electron chi connectivity index (χ1n) is 7.52. The van der Waals surface area contributed by atoms with Crippen molar-refractivity contribution < 1.29 is 9.84 Å². The topological polar surface area (TPSA) is 47.3 Å². The lowest BCUT2D eigenvalue weighted by atomic mass is 9.87. The summed E-state index contributed by atoms with van der Waals surface area (Å²) in [5.41, 5.74) is 1.00. The molecule has 1 fully saturated rings.